The summed E-state index contributed by atoms with van der Waals surface area (Å²) in [6.45, 7) is 10.7. The van der Waals surface area contributed by atoms with E-state index >= 15 is 0 Å². The monoisotopic (exact) mass is 855 g/mol. The Labute approximate surface area is 355 Å². The molecule has 324 valence electrons. The van der Waals surface area contributed by atoms with Crippen LogP contribution in [0.2, 0.25) is 0 Å². The molecule has 2 N–H and O–H groups in total. The maximum Gasteiger partial charge on any atom is 0.408 e. The van der Waals surface area contributed by atoms with Crippen LogP contribution < -0.4 is 20.3 Å². The molecule has 6 rings (SSSR count). The molecule has 0 saturated carbocycles. The largest absolute Gasteiger partial charge is 0.497 e. The standard InChI is InChI=1S/C44H54N7O9P/c1-28(2)41(52)48-43-47-40-39(42(53)49-43)46-27-50(40)38-25-36(37(59-38)26-58-61(54,57-24-12-23-45)51(29(3)4)30(5)6)60-44(31-13-10-9-11-14-31,32-15-19-34(55-7)20-16-32)33-17-21-35(56-8)22-18-33/h9-11,13-22,27-30,36-38H,12,24-26H2,1-8H3,(H2,47,48,49,52,53)/t36-,37+,38+,61?/m0/s1. The number of amides is 1. The molecule has 2 aromatic heterocycles. The molecule has 16 nitrogen and oxygen atoms in total. The first-order valence-electron chi connectivity index (χ1n) is 20.2. The van der Waals surface area contributed by atoms with Crippen molar-refractivity contribution in [1.29, 1.82) is 5.26 Å². The van der Waals surface area contributed by atoms with Crippen LogP contribution in [0.4, 0.5) is 5.95 Å². The predicted molar refractivity (Wildman–Crippen MR) is 229 cm³/mol. The van der Waals surface area contributed by atoms with Crippen molar-refractivity contribution >= 4 is 30.8 Å². The number of carbonyl (C=O) groups is 1. The topological polar surface area (TPSA) is 192 Å². The minimum atomic E-state index is -4.05. The molecule has 5 aromatic rings. The SMILES string of the molecule is COc1ccc(C(O[C@H]2C[C@H](n3cnc4c(=O)[nH]c(NC(=O)C(C)C)nc43)O[C@@H]2COP(=O)(OCCC#N)N(C(C)C)C(C)C)(c2ccccc2)c2ccc(OC)cc2)cc1. The third kappa shape index (κ3) is 9.73. The lowest BCUT2D eigenvalue weighted by atomic mass is 9.79. The summed E-state index contributed by atoms with van der Waals surface area (Å²) in [5.41, 5.74) is 0.732. The highest BCUT2D eigenvalue weighted by atomic mass is 31.2. The smallest absolute Gasteiger partial charge is 0.408 e. The summed E-state index contributed by atoms with van der Waals surface area (Å²) in [5, 5.41) is 12.0. The van der Waals surface area contributed by atoms with Crippen LogP contribution in [-0.2, 0) is 33.5 Å². The first kappa shape index (κ1) is 45.1. The molecule has 4 atom stereocenters. The van der Waals surface area contributed by atoms with E-state index in [4.69, 9.17) is 28.0 Å². The van der Waals surface area contributed by atoms with Gasteiger partial charge in [-0.3, -0.25) is 33.5 Å². The summed E-state index contributed by atoms with van der Waals surface area (Å²) in [5.74, 6) is 0.571. The molecule has 3 heterocycles. The Hall–Kier alpha value is -5.40. The number of H-pyrrole nitrogens is 1. The minimum absolute atomic E-state index is 0.00782. The quantitative estimate of drug-likeness (QED) is 0.0470. The highest BCUT2D eigenvalue weighted by molar-refractivity contribution is 7.51. The summed E-state index contributed by atoms with van der Waals surface area (Å²) in [6, 6.07) is 26.6. The van der Waals surface area contributed by atoms with Gasteiger partial charge in [0.2, 0.25) is 11.9 Å². The fraction of sp³-hybridized carbons (Fsp3) is 0.432. The van der Waals surface area contributed by atoms with E-state index in [1.54, 1.807) is 37.3 Å². The maximum atomic E-state index is 14.9. The Bertz CT molecular complexity index is 2340. The van der Waals surface area contributed by atoms with Gasteiger partial charge in [0.15, 0.2) is 11.2 Å². The van der Waals surface area contributed by atoms with Gasteiger partial charge in [-0.1, -0.05) is 68.4 Å². The fourth-order valence-electron chi connectivity index (χ4n) is 7.56. The van der Waals surface area contributed by atoms with Gasteiger partial charge in [-0.2, -0.15) is 10.2 Å². The van der Waals surface area contributed by atoms with E-state index in [-0.39, 0.29) is 67.1 Å². The lowest BCUT2D eigenvalue weighted by molar-refractivity contribution is -0.118. The van der Waals surface area contributed by atoms with E-state index in [9.17, 15) is 19.4 Å². The molecule has 0 spiro atoms. The van der Waals surface area contributed by atoms with E-state index in [0.717, 1.165) is 16.7 Å². The van der Waals surface area contributed by atoms with Crippen LogP contribution in [0.3, 0.4) is 0 Å². The number of nitrogens with one attached hydrogen (secondary N) is 2. The van der Waals surface area contributed by atoms with Gasteiger partial charge >= 0.3 is 7.75 Å². The number of benzene rings is 3. The second-order valence-electron chi connectivity index (χ2n) is 15.5. The zero-order chi connectivity index (χ0) is 43.9. The zero-order valence-electron chi connectivity index (χ0n) is 35.7. The number of hydrogen-bond acceptors (Lipinski definition) is 12. The molecular formula is C44H54N7O9P. The zero-order valence-corrected chi connectivity index (χ0v) is 36.6. The van der Waals surface area contributed by atoms with Crippen molar-refractivity contribution < 1.29 is 37.4 Å². The number of rotatable bonds is 19. The van der Waals surface area contributed by atoms with Crippen LogP contribution in [0.15, 0.2) is 90.0 Å². The summed E-state index contributed by atoms with van der Waals surface area (Å²) in [7, 11) is -0.839. The Morgan fingerprint density at radius 1 is 0.951 bits per heavy atom. The van der Waals surface area contributed by atoms with Crippen molar-refractivity contribution in [3.8, 4) is 17.6 Å². The van der Waals surface area contributed by atoms with Crippen molar-refractivity contribution in [2.75, 3.05) is 32.8 Å². The van der Waals surface area contributed by atoms with Crippen LogP contribution in [0, 0.1) is 17.2 Å². The second kappa shape index (κ2) is 19.5. The number of ether oxygens (including phenoxy) is 4. The highest BCUT2D eigenvalue weighted by Crippen LogP contribution is 2.55. The van der Waals surface area contributed by atoms with Crippen molar-refractivity contribution in [1.82, 2.24) is 24.2 Å². The minimum Gasteiger partial charge on any atom is -0.497 e. The molecule has 1 saturated heterocycles. The van der Waals surface area contributed by atoms with Gasteiger partial charge in [0.25, 0.3) is 5.56 Å². The predicted octanol–water partition coefficient (Wildman–Crippen LogP) is 7.57. The molecule has 17 heteroatoms. The second-order valence-corrected chi connectivity index (χ2v) is 17.4. The lowest BCUT2D eigenvalue weighted by Crippen LogP contribution is -2.41. The van der Waals surface area contributed by atoms with Crippen LogP contribution >= 0.6 is 7.75 Å². The van der Waals surface area contributed by atoms with Crippen molar-refractivity contribution in [2.24, 2.45) is 5.92 Å². The number of carbonyl (C=O) groups excluding carboxylic acids is 1. The average Bonchev–Trinajstić information content (AvgIpc) is 3.86. The summed E-state index contributed by atoms with van der Waals surface area (Å²) >= 11 is 0. The molecule has 1 aliphatic rings. The first-order valence-corrected chi connectivity index (χ1v) is 21.7. The maximum absolute atomic E-state index is 14.9. The van der Waals surface area contributed by atoms with Crippen LogP contribution in [0.25, 0.3) is 11.2 Å². The third-order valence-electron chi connectivity index (χ3n) is 10.4. The summed E-state index contributed by atoms with van der Waals surface area (Å²) in [6.07, 6.45) is -0.893. The lowest BCUT2D eigenvalue weighted by Gasteiger charge is -2.40. The van der Waals surface area contributed by atoms with Crippen LogP contribution in [-0.4, -0.2) is 81.8 Å². The molecule has 1 fully saturated rings. The molecule has 1 amide bonds. The van der Waals surface area contributed by atoms with Crippen molar-refractivity contribution in [3.63, 3.8) is 0 Å². The van der Waals surface area contributed by atoms with E-state index < -0.39 is 37.3 Å². The van der Waals surface area contributed by atoms with Gasteiger partial charge in [-0.05, 0) is 68.7 Å². The number of imidazole rings is 1. The van der Waals surface area contributed by atoms with Gasteiger partial charge in [0.1, 0.15) is 29.4 Å². The van der Waals surface area contributed by atoms with E-state index in [2.05, 4.69) is 20.3 Å². The van der Waals surface area contributed by atoms with Gasteiger partial charge in [0, 0.05) is 24.4 Å². The van der Waals surface area contributed by atoms with Gasteiger partial charge in [0.05, 0.1) is 52.4 Å². The van der Waals surface area contributed by atoms with Crippen LogP contribution in [0.5, 0.6) is 11.5 Å². The molecule has 1 aliphatic heterocycles. The molecule has 0 bridgehead atoms. The molecule has 1 unspecified atom stereocenters. The fourth-order valence-corrected chi connectivity index (χ4v) is 9.69. The third-order valence-corrected chi connectivity index (χ3v) is 12.9. The number of methoxy groups -OCH3 is 2. The summed E-state index contributed by atoms with van der Waals surface area (Å²) in [4.78, 5) is 37.5. The van der Waals surface area contributed by atoms with Gasteiger partial charge in [-0.25, -0.2) is 14.2 Å². The number of anilines is 1. The number of hydrogen-bond donors (Lipinski definition) is 2. The number of fused-ring (bicyclic) bond motifs is 1. The Balaban J connectivity index is 1.50. The number of nitriles is 1. The van der Waals surface area contributed by atoms with E-state index in [1.807, 2.05) is 113 Å². The average molecular weight is 856 g/mol. The summed E-state index contributed by atoms with van der Waals surface area (Å²) < 4.78 is 56.0. The number of nitrogens with zero attached hydrogens (tertiary/aromatic N) is 5. The molecule has 0 radical (unpaired) electrons. The normalized spacial score (nSPS) is 17.9. The van der Waals surface area contributed by atoms with Crippen LogP contribution in [0.1, 0.15) is 77.3 Å². The Kier molecular flexibility index (Phi) is 14.5. The van der Waals surface area contributed by atoms with Crippen molar-refractivity contribution in [3.05, 3.63) is 112 Å². The highest BCUT2D eigenvalue weighted by Gasteiger charge is 2.48. The van der Waals surface area contributed by atoms with Crippen molar-refractivity contribution in [2.45, 2.75) is 90.5 Å². The molecule has 0 aliphatic carbocycles. The first-order chi connectivity index (χ1) is 29.2. The number of aromatic nitrogens is 4. The van der Waals surface area contributed by atoms with E-state index in [0.29, 0.717) is 11.5 Å². The van der Waals surface area contributed by atoms with Gasteiger partial charge < -0.3 is 18.9 Å². The van der Waals surface area contributed by atoms with E-state index in [1.165, 1.54) is 6.33 Å². The Morgan fingerprint density at radius 2 is 1.54 bits per heavy atom. The Morgan fingerprint density at radius 3 is 2.08 bits per heavy atom. The molecular weight excluding hydrogens is 801 g/mol. The molecule has 61 heavy (non-hydrogen) atoms. The molecule has 3 aromatic carbocycles. The number of aromatic amines is 1. The van der Waals surface area contributed by atoms with Gasteiger partial charge in [-0.15, -0.1) is 0 Å².